The third-order valence-corrected chi connectivity index (χ3v) is 6.18. The molecule has 1 unspecified atom stereocenters. The standard InChI is InChI=1S/C26H30N4O3S/c1-5-7-15-30-17(3)22(23(27-26(30)34)19-9-8-10-21(16-19)31-4)25-28-24(29-33-25)18-11-13-20(14-12-18)32-6-2/h8-14,16,23H,5-7,15H2,1-4H3,(H,27,34). The van der Waals surface area contributed by atoms with Crippen molar-refractivity contribution in [1.29, 1.82) is 0 Å². The summed E-state index contributed by atoms with van der Waals surface area (Å²) in [6, 6.07) is 15.4. The number of unbranched alkanes of at least 4 members (excludes halogenated alkanes) is 1. The molecule has 7 nitrogen and oxygen atoms in total. The average molecular weight is 479 g/mol. The van der Waals surface area contributed by atoms with Crippen molar-refractivity contribution in [3.05, 3.63) is 65.7 Å². The molecule has 0 spiro atoms. The summed E-state index contributed by atoms with van der Waals surface area (Å²) in [5.74, 6) is 2.57. The van der Waals surface area contributed by atoms with Crippen molar-refractivity contribution in [2.45, 2.75) is 39.7 Å². The number of aromatic nitrogens is 2. The average Bonchev–Trinajstić information content (AvgIpc) is 3.34. The Morgan fingerprint density at radius 3 is 2.62 bits per heavy atom. The molecule has 0 saturated carbocycles. The number of benzene rings is 2. The van der Waals surface area contributed by atoms with E-state index in [2.05, 4.69) is 29.2 Å². The van der Waals surface area contributed by atoms with Gasteiger partial charge >= 0.3 is 0 Å². The van der Waals surface area contributed by atoms with Gasteiger partial charge in [-0.05, 0) is 74.4 Å². The molecular formula is C26H30N4O3S. The molecule has 1 aromatic heterocycles. The van der Waals surface area contributed by atoms with Crippen molar-refractivity contribution in [1.82, 2.24) is 20.4 Å². The first kappa shape index (κ1) is 23.8. The summed E-state index contributed by atoms with van der Waals surface area (Å²) in [4.78, 5) is 6.89. The highest BCUT2D eigenvalue weighted by Gasteiger charge is 2.34. The summed E-state index contributed by atoms with van der Waals surface area (Å²) in [7, 11) is 1.66. The van der Waals surface area contributed by atoms with Crippen LogP contribution in [0.4, 0.5) is 0 Å². The summed E-state index contributed by atoms with van der Waals surface area (Å²) >= 11 is 5.75. The van der Waals surface area contributed by atoms with Crippen molar-refractivity contribution >= 4 is 22.9 Å². The van der Waals surface area contributed by atoms with Crippen LogP contribution in [0.3, 0.4) is 0 Å². The lowest BCUT2D eigenvalue weighted by Gasteiger charge is -2.37. The molecule has 0 saturated heterocycles. The second-order valence-corrected chi connectivity index (χ2v) is 8.43. The van der Waals surface area contributed by atoms with Gasteiger partial charge in [-0.1, -0.05) is 30.6 Å². The number of hydrogen-bond acceptors (Lipinski definition) is 6. The van der Waals surface area contributed by atoms with Crippen LogP contribution in [0.25, 0.3) is 17.0 Å². The Labute approximate surface area is 205 Å². The lowest BCUT2D eigenvalue weighted by molar-refractivity contribution is 0.340. The van der Waals surface area contributed by atoms with Crippen LogP contribution in [0.1, 0.15) is 51.1 Å². The smallest absolute Gasteiger partial charge is 0.258 e. The van der Waals surface area contributed by atoms with E-state index < -0.39 is 0 Å². The molecular weight excluding hydrogens is 448 g/mol. The molecule has 2 aromatic carbocycles. The van der Waals surface area contributed by atoms with Crippen molar-refractivity contribution in [3.8, 4) is 22.9 Å². The number of methoxy groups -OCH3 is 1. The van der Waals surface area contributed by atoms with Gasteiger partial charge in [0.2, 0.25) is 5.82 Å². The van der Waals surface area contributed by atoms with Gasteiger partial charge in [-0.2, -0.15) is 4.98 Å². The molecule has 4 rings (SSSR count). The van der Waals surface area contributed by atoms with E-state index in [0.29, 0.717) is 23.4 Å². The van der Waals surface area contributed by atoms with Crippen LogP contribution in [-0.4, -0.2) is 40.4 Å². The number of rotatable bonds is 9. The Hall–Kier alpha value is -3.39. The predicted octanol–water partition coefficient (Wildman–Crippen LogP) is 5.61. The minimum Gasteiger partial charge on any atom is -0.497 e. The first-order chi connectivity index (χ1) is 16.5. The largest absolute Gasteiger partial charge is 0.497 e. The van der Waals surface area contributed by atoms with Crippen LogP contribution in [0.15, 0.2) is 58.8 Å². The van der Waals surface area contributed by atoms with Gasteiger partial charge in [-0.3, -0.25) is 0 Å². The fourth-order valence-corrected chi connectivity index (χ4v) is 4.38. The SMILES string of the molecule is CCCCN1C(=S)NC(c2cccc(OC)c2)C(c2nc(-c3ccc(OCC)cc3)no2)=C1C. The maximum Gasteiger partial charge on any atom is 0.258 e. The van der Waals surface area contributed by atoms with Crippen molar-refractivity contribution in [2.24, 2.45) is 0 Å². The van der Waals surface area contributed by atoms with Gasteiger partial charge in [-0.15, -0.1) is 0 Å². The van der Waals surface area contributed by atoms with E-state index in [-0.39, 0.29) is 6.04 Å². The molecule has 3 aromatic rings. The predicted molar refractivity (Wildman–Crippen MR) is 137 cm³/mol. The molecule has 0 bridgehead atoms. The summed E-state index contributed by atoms with van der Waals surface area (Å²) in [6.45, 7) is 7.63. The molecule has 34 heavy (non-hydrogen) atoms. The third kappa shape index (κ3) is 4.92. The quantitative estimate of drug-likeness (QED) is 0.398. The van der Waals surface area contributed by atoms with Gasteiger partial charge in [0.25, 0.3) is 5.89 Å². The molecule has 1 aliphatic heterocycles. The van der Waals surface area contributed by atoms with Crippen LogP contribution >= 0.6 is 12.2 Å². The minimum atomic E-state index is -0.242. The van der Waals surface area contributed by atoms with E-state index in [1.807, 2.05) is 55.5 Å². The number of nitrogens with zero attached hydrogens (tertiary/aromatic N) is 3. The number of nitrogens with one attached hydrogen (secondary N) is 1. The van der Waals surface area contributed by atoms with Crippen LogP contribution in [0, 0.1) is 0 Å². The molecule has 1 N–H and O–H groups in total. The Balaban J connectivity index is 1.75. The Kier molecular flexibility index (Phi) is 7.47. The second-order valence-electron chi connectivity index (χ2n) is 8.04. The van der Waals surface area contributed by atoms with E-state index in [4.69, 9.17) is 31.2 Å². The van der Waals surface area contributed by atoms with E-state index in [0.717, 1.165) is 53.3 Å². The Bertz CT molecular complexity index is 1170. The van der Waals surface area contributed by atoms with Crippen LogP contribution in [0.5, 0.6) is 11.5 Å². The maximum absolute atomic E-state index is 5.81. The van der Waals surface area contributed by atoms with Gasteiger partial charge in [0.1, 0.15) is 11.5 Å². The lowest BCUT2D eigenvalue weighted by atomic mass is 9.94. The lowest BCUT2D eigenvalue weighted by Crippen LogP contribution is -2.46. The molecule has 2 heterocycles. The molecule has 1 aliphatic rings. The number of thiocarbonyl (C=S) groups is 1. The first-order valence-electron chi connectivity index (χ1n) is 11.6. The van der Waals surface area contributed by atoms with Crippen molar-refractivity contribution < 1.29 is 14.0 Å². The highest BCUT2D eigenvalue weighted by atomic mass is 32.1. The van der Waals surface area contributed by atoms with Crippen LogP contribution in [0.2, 0.25) is 0 Å². The minimum absolute atomic E-state index is 0.242. The highest BCUT2D eigenvalue weighted by molar-refractivity contribution is 7.80. The topological polar surface area (TPSA) is 72.7 Å². The molecule has 0 aliphatic carbocycles. The van der Waals surface area contributed by atoms with Crippen molar-refractivity contribution in [3.63, 3.8) is 0 Å². The van der Waals surface area contributed by atoms with Crippen LogP contribution < -0.4 is 14.8 Å². The van der Waals surface area contributed by atoms with Gasteiger partial charge in [0.15, 0.2) is 5.11 Å². The summed E-state index contributed by atoms with van der Waals surface area (Å²) in [5, 5.41) is 8.46. The molecule has 0 fully saturated rings. The fourth-order valence-electron chi connectivity index (χ4n) is 4.03. The fraction of sp³-hybridized carbons (Fsp3) is 0.346. The summed E-state index contributed by atoms with van der Waals surface area (Å²) in [5.41, 5.74) is 3.78. The van der Waals surface area contributed by atoms with Gasteiger partial charge < -0.3 is 24.2 Å². The molecule has 0 radical (unpaired) electrons. The van der Waals surface area contributed by atoms with Crippen molar-refractivity contribution in [2.75, 3.05) is 20.3 Å². The van der Waals surface area contributed by atoms with Gasteiger partial charge in [0.05, 0.1) is 25.3 Å². The van der Waals surface area contributed by atoms with E-state index in [9.17, 15) is 0 Å². The van der Waals surface area contributed by atoms with Gasteiger partial charge in [0, 0.05) is 17.8 Å². The zero-order chi connectivity index (χ0) is 24.1. The third-order valence-electron chi connectivity index (χ3n) is 5.84. The highest BCUT2D eigenvalue weighted by Crippen LogP contribution is 2.38. The number of hydrogen-bond donors (Lipinski definition) is 1. The number of ether oxygens (including phenoxy) is 2. The normalized spacial score (nSPS) is 15.9. The molecule has 178 valence electrons. The van der Waals surface area contributed by atoms with E-state index >= 15 is 0 Å². The Morgan fingerprint density at radius 2 is 1.91 bits per heavy atom. The zero-order valence-electron chi connectivity index (χ0n) is 20.0. The summed E-state index contributed by atoms with van der Waals surface area (Å²) in [6.07, 6.45) is 2.10. The molecule has 1 atom stereocenters. The monoisotopic (exact) mass is 478 g/mol. The molecule has 8 heteroatoms. The van der Waals surface area contributed by atoms with Gasteiger partial charge in [-0.25, -0.2) is 0 Å². The summed E-state index contributed by atoms with van der Waals surface area (Å²) < 4.78 is 16.8. The Morgan fingerprint density at radius 1 is 1.12 bits per heavy atom. The first-order valence-corrected chi connectivity index (χ1v) is 12.0. The van der Waals surface area contributed by atoms with Crippen LogP contribution in [-0.2, 0) is 0 Å². The maximum atomic E-state index is 5.81. The van der Waals surface area contributed by atoms with E-state index in [1.165, 1.54) is 0 Å². The zero-order valence-corrected chi connectivity index (χ0v) is 20.8. The second kappa shape index (κ2) is 10.7. The van der Waals surface area contributed by atoms with E-state index in [1.54, 1.807) is 7.11 Å². The number of allylic oxidation sites excluding steroid dienone is 1. The molecule has 0 amide bonds.